The molecule has 51 heavy (non-hydrogen) atoms. The lowest BCUT2D eigenvalue weighted by atomic mass is 9.96. The van der Waals surface area contributed by atoms with Crippen LogP contribution in [0.15, 0.2) is 84.9 Å². The fraction of sp³-hybridized carbons (Fsp3) is 0.421. The Hall–Kier alpha value is -4.20. The summed E-state index contributed by atoms with van der Waals surface area (Å²) < 4.78 is 5.14. The summed E-state index contributed by atoms with van der Waals surface area (Å²) in [5.74, 6) is -1.13. The largest absolute Gasteiger partial charge is 0.484 e. The third kappa shape index (κ3) is 11.7. The van der Waals surface area contributed by atoms with Gasteiger partial charge in [-0.25, -0.2) is 0 Å². The number of carbonyl (C=O) groups is 4. The lowest BCUT2D eigenvalue weighted by molar-refractivity contribution is -0.148. The molecule has 0 unspecified atom stereocenters. The SMILES string of the molecule is CSC[C@H](NC(=O)COc1cccc(Nc2ccccc2)c1)C(=O)N[C@@H](Cc1ccccc1)[C@H](O)C(=O)N1CSC(C)(C)[C@@H]1C(=O)NC(C)(C)C. The monoisotopic (exact) mass is 735 g/mol. The van der Waals surface area contributed by atoms with E-state index in [1.54, 1.807) is 12.1 Å². The Morgan fingerprint density at radius 3 is 2.25 bits per heavy atom. The van der Waals surface area contributed by atoms with E-state index in [1.807, 2.05) is 114 Å². The van der Waals surface area contributed by atoms with Gasteiger partial charge < -0.3 is 36.0 Å². The number of thioether (sulfide) groups is 2. The highest BCUT2D eigenvalue weighted by Crippen LogP contribution is 2.40. The van der Waals surface area contributed by atoms with Gasteiger partial charge in [-0.2, -0.15) is 11.8 Å². The second-order valence-corrected chi connectivity index (χ2v) is 16.5. The minimum Gasteiger partial charge on any atom is -0.484 e. The van der Waals surface area contributed by atoms with Gasteiger partial charge >= 0.3 is 0 Å². The van der Waals surface area contributed by atoms with Crippen molar-refractivity contribution >= 4 is 58.5 Å². The van der Waals surface area contributed by atoms with Crippen molar-refractivity contribution in [1.82, 2.24) is 20.9 Å². The Morgan fingerprint density at radius 1 is 0.961 bits per heavy atom. The maximum atomic E-state index is 14.0. The molecule has 0 aliphatic carbocycles. The molecule has 5 N–H and O–H groups in total. The van der Waals surface area contributed by atoms with Crippen LogP contribution < -0.4 is 26.0 Å². The van der Waals surface area contributed by atoms with Crippen LogP contribution >= 0.6 is 23.5 Å². The average molecular weight is 736 g/mol. The summed E-state index contributed by atoms with van der Waals surface area (Å²) in [5.41, 5.74) is 1.96. The number of nitrogens with one attached hydrogen (secondary N) is 4. The zero-order valence-electron chi connectivity index (χ0n) is 30.0. The second kappa shape index (κ2) is 17.8. The van der Waals surface area contributed by atoms with Crippen LogP contribution in [-0.2, 0) is 25.6 Å². The van der Waals surface area contributed by atoms with Crippen LogP contribution in [-0.4, -0.2) is 92.6 Å². The third-order valence-electron chi connectivity index (χ3n) is 8.09. The highest BCUT2D eigenvalue weighted by molar-refractivity contribution is 8.00. The lowest BCUT2D eigenvalue weighted by Crippen LogP contribution is -2.61. The van der Waals surface area contributed by atoms with E-state index in [9.17, 15) is 24.3 Å². The van der Waals surface area contributed by atoms with E-state index in [1.165, 1.54) is 28.4 Å². The van der Waals surface area contributed by atoms with Crippen molar-refractivity contribution in [3.8, 4) is 5.75 Å². The first kappa shape index (κ1) is 39.6. The van der Waals surface area contributed by atoms with Crippen LogP contribution in [0.25, 0.3) is 0 Å². The molecule has 1 aliphatic rings. The molecule has 0 spiro atoms. The Balaban J connectivity index is 1.45. The van der Waals surface area contributed by atoms with Gasteiger partial charge in [-0.05, 0) is 77.1 Å². The fourth-order valence-electron chi connectivity index (χ4n) is 5.67. The molecule has 1 saturated heterocycles. The van der Waals surface area contributed by atoms with Crippen molar-refractivity contribution in [2.75, 3.05) is 29.8 Å². The van der Waals surface area contributed by atoms with Gasteiger partial charge in [-0.1, -0.05) is 54.6 Å². The average Bonchev–Trinajstić information content (AvgIpc) is 3.41. The molecular weight excluding hydrogens is 687 g/mol. The molecule has 4 amide bonds. The van der Waals surface area contributed by atoms with E-state index >= 15 is 0 Å². The van der Waals surface area contributed by atoms with Crippen molar-refractivity contribution in [3.63, 3.8) is 0 Å². The maximum Gasteiger partial charge on any atom is 0.258 e. The summed E-state index contributed by atoms with van der Waals surface area (Å²) in [7, 11) is 0. The first-order valence-electron chi connectivity index (χ1n) is 16.8. The van der Waals surface area contributed by atoms with Crippen LogP contribution in [0.1, 0.15) is 40.2 Å². The quantitative estimate of drug-likeness (QED) is 0.154. The molecule has 4 rings (SSSR count). The summed E-state index contributed by atoms with van der Waals surface area (Å²) in [6.07, 6.45) is 0.280. The third-order valence-corrected chi connectivity index (χ3v) is 10.1. The summed E-state index contributed by atoms with van der Waals surface area (Å²) >= 11 is 2.81. The van der Waals surface area contributed by atoms with E-state index in [4.69, 9.17) is 4.74 Å². The number of ether oxygens (including phenoxy) is 1. The van der Waals surface area contributed by atoms with Gasteiger partial charge in [0.2, 0.25) is 11.8 Å². The molecule has 274 valence electrons. The summed E-state index contributed by atoms with van der Waals surface area (Å²) in [6, 6.07) is 23.2. The number of hydrogen-bond donors (Lipinski definition) is 5. The molecule has 13 heteroatoms. The smallest absolute Gasteiger partial charge is 0.258 e. The number of aliphatic hydroxyl groups is 1. The Labute approximate surface area is 309 Å². The highest BCUT2D eigenvalue weighted by Gasteiger charge is 2.50. The number of anilines is 2. The molecule has 1 aliphatic heterocycles. The zero-order chi connectivity index (χ0) is 37.2. The molecule has 0 saturated carbocycles. The van der Waals surface area contributed by atoms with Gasteiger partial charge in [0.1, 0.15) is 17.8 Å². The molecule has 0 aromatic heterocycles. The van der Waals surface area contributed by atoms with E-state index in [-0.39, 0.29) is 30.6 Å². The van der Waals surface area contributed by atoms with Crippen molar-refractivity contribution in [2.45, 2.75) is 75.6 Å². The molecule has 4 atom stereocenters. The van der Waals surface area contributed by atoms with Gasteiger partial charge in [-0.15, -0.1) is 11.8 Å². The number of hydrogen-bond acceptors (Lipinski definition) is 9. The molecule has 0 bridgehead atoms. The van der Waals surface area contributed by atoms with Gasteiger partial charge in [0, 0.05) is 33.5 Å². The van der Waals surface area contributed by atoms with Crippen LogP contribution in [0.2, 0.25) is 0 Å². The second-order valence-electron chi connectivity index (χ2n) is 14.0. The number of amides is 4. The normalized spacial score (nSPS) is 17.1. The number of rotatable bonds is 15. The van der Waals surface area contributed by atoms with Crippen LogP contribution in [0.3, 0.4) is 0 Å². The highest BCUT2D eigenvalue weighted by atomic mass is 32.2. The molecular formula is C38H49N5O6S2. The number of benzene rings is 3. The predicted molar refractivity (Wildman–Crippen MR) is 205 cm³/mol. The molecule has 1 heterocycles. The summed E-state index contributed by atoms with van der Waals surface area (Å²) in [4.78, 5) is 55.6. The minimum absolute atomic E-state index is 0.138. The Kier molecular flexibility index (Phi) is 13.8. The number of carbonyl (C=O) groups excluding carboxylic acids is 4. The molecule has 3 aromatic rings. The Bertz CT molecular complexity index is 1640. The first-order chi connectivity index (χ1) is 24.2. The van der Waals surface area contributed by atoms with Gasteiger partial charge in [0.05, 0.1) is 11.9 Å². The van der Waals surface area contributed by atoms with Crippen molar-refractivity contribution in [2.24, 2.45) is 0 Å². The van der Waals surface area contributed by atoms with Crippen LogP contribution in [0, 0.1) is 0 Å². The van der Waals surface area contributed by atoms with Gasteiger partial charge in [0.25, 0.3) is 11.8 Å². The van der Waals surface area contributed by atoms with Crippen LogP contribution in [0.5, 0.6) is 5.75 Å². The zero-order valence-corrected chi connectivity index (χ0v) is 31.6. The van der Waals surface area contributed by atoms with E-state index in [0.717, 1.165) is 16.9 Å². The summed E-state index contributed by atoms with van der Waals surface area (Å²) in [5, 5.41) is 23.4. The van der Waals surface area contributed by atoms with Crippen molar-refractivity contribution < 1.29 is 29.0 Å². The standard InChI is InChI=1S/C38H49N5O6S2/c1-37(2,3)42-35(47)33-38(4,5)51-24-43(33)36(48)32(45)29(20-25-14-9-7-10-15-25)41-34(46)30(23-50-6)40-31(44)22-49-28-19-13-18-27(21-28)39-26-16-11-8-12-17-26/h7-19,21,29-30,32-33,39,45H,20,22-24H2,1-6H3,(H,40,44)(H,41,46)(H,42,47)/t29-,30-,32-,33-/m0/s1. The number of para-hydroxylation sites is 1. The lowest BCUT2D eigenvalue weighted by Gasteiger charge is -2.35. The molecule has 11 nitrogen and oxygen atoms in total. The van der Waals surface area contributed by atoms with E-state index in [0.29, 0.717) is 5.75 Å². The molecule has 0 radical (unpaired) electrons. The molecule has 3 aromatic carbocycles. The number of aliphatic hydroxyl groups excluding tert-OH is 1. The fourth-order valence-corrected chi connectivity index (χ4v) is 7.38. The van der Waals surface area contributed by atoms with E-state index in [2.05, 4.69) is 21.3 Å². The number of nitrogens with zero attached hydrogens (tertiary/aromatic N) is 1. The van der Waals surface area contributed by atoms with Gasteiger partial charge in [0.15, 0.2) is 12.7 Å². The minimum atomic E-state index is -1.67. The predicted octanol–water partition coefficient (Wildman–Crippen LogP) is 4.34. The summed E-state index contributed by atoms with van der Waals surface area (Å²) in [6.45, 7) is 9.05. The van der Waals surface area contributed by atoms with Crippen molar-refractivity contribution in [3.05, 3.63) is 90.5 Å². The topological polar surface area (TPSA) is 149 Å². The van der Waals surface area contributed by atoms with Crippen LogP contribution in [0.4, 0.5) is 11.4 Å². The van der Waals surface area contributed by atoms with E-state index < -0.39 is 52.2 Å². The van der Waals surface area contributed by atoms with Crippen molar-refractivity contribution in [1.29, 1.82) is 0 Å². The maximum absolute atomic E-state index is 14.0. The molecule has 1 fully saturated rings. The Morgan fingerprint density at radius 2 is 1.61 bits per heavy atom. The first-order valence-corrected chi connectivity index (χ1v) is 19.2. The van der Waals surface area contributed by atoms with Gasteiger partial charge in [-0.3, -0.25) is 19.2 Å².